The number of carbonyl (C=O) groups is 1. The molecule has 2 rings (SSSR count). The molecule has 4 heteroatoms. The van der Waals surface area contributed by atoms with Gasteiger partial charge in [0, 0.05) is 11.7 Å². The Bertz CT molecular complexity index is 411. The second-order valence-electron chi connectivity index (χ2n) is 4.34. The summed E-state index contributed by atoms with van der Waals surface area (Å²) in [6.45, 7) is 3.86. The minimum atomic E-state index is -0.924. The first-order chi connectivity index (χ1) is 7.02. The van der Waals surface area contributed by atoms with E-state index in [0.717, 1.165) is 18.4 Å². The molecule has 1 aliphatic rings. The molecule has 0 aliphatic heterocycles. The average Bonchev–Trinajstić information content (AvgIpc) is 2.82. The SMILES string of the molecule is Cc1ccnc(NC2(C)CC2)c1C(=O)O. The number of hydrogen-bond acceptors (Lipinski definition) is 3. The van der Waals surface area contributed by atoms with Crippen LogP contribution < -0.4 is 5.32 Å². The number of nitrogens with one attached hydrogen (secondary N) is 1. The summed E-state index contributed by atoms with van der Waals surface area (Å²) < 4.78 is 0. The van der Waals surface area contributed by atoms with E-state index in [4.69, 9.17) is 5.11 Å². The van der Waals surface area contributed by atoms with Gasteiger partial charge in [-0.05, 0) is 38.3 Å². The molecule has 2 N–H and O–H groups in total. The number of pyridine rings is 1. The fourth-order valence-electron chi connectivity index (χ4n) is 1.52. The van der Waals surface area contributed by atoms with Crippen LogP contribution in [0.15, 0.2) is 12.3 Å². The number of nitrogens with zero attached hydrogens (tertiary/aromatic N) is 1. The van der Waals surface area contributed by atoms with Crippen LogP contribution >= 0.6 is 0 Å². The normalized spacial score (nSPS) is 17.2. The topological polar surface area (TPSA) is 62.2 Å². The lowest BCUT2D eigenvalue weighted by molar-refractivity contribution is 0.0697. The molecule has 0 spiro atoms. The van der Waals surface area contributed by atoms with Crippen LogP contribution in [-0.2, 0) is 0 Å². The third kappa shape index (κ3) is 1.93. The molecule has 1 saturated carbocycles. The summed E-state index contributed by atoms with van der Waals surface area (Å²) >= 11 is 0. The highest BCUT2D eigenvalue weighted by atomic mass is 16.4. The molecule has 1 aromatic rings. The Labute approximate surface area is 88.3 Å². The largest absolute Gasteiger partial charge is 0.478 e. The monoisotopic (exact) mass is 206 g/mol. The molecular formula is C11H14N2O2. The van der Waals surface area contributed by atoms with E-state index >= 15 is 0 Å². The summed E-state index contributed by atoms with van der Waals surface area (Å²) in [5, 5.41) is 12.3. The van der Waals surface area contributed by atoms with Crippen molar-refractivity contribution in [2.75, 3.05) is 5.32 Å². The standard InChI is InChI=1S/C11H14N2O2/c1-7-3-6-12-9(8(7)10(14)15)13-11(2)4-5-11/h3,6H,4-5H2,1-2H3,(H,12,13)(H,14,15). The molecule has 1 aliphatic carbocycles. The summed E-state index contributed by atoms with van der Waals surface area (Å²) in [6, 6.07) is 1.71. The molecule has 80 valence electrons. The summed E-state index contributed by atoms with van der Waals surface area (Å²) in [6.07, 6.45) is 3.78. The van der Waals surface area contributed by atoms with Crippen LogP contribution in [0, 0.1) is 6.92 Å². The maximum absolute atomic E-state index is 11.1. The smallest absolute Gasteiger partial charge is 0.339 e. The molecule has 0 radical (unpaired) electrons. The number of aryl methyl sites for hydroxylation is 1. The van der Waals surface area contributed by atoms with Gasteiger partial charge in [-0.15, -0.1) is 0 Å². The van der Waals surface area contributed by atoms with Gasteiger partial charge in [-0.3, -0.25) is 0 Å². The van der Waals surface area contributed by atoms with Crippen molar-refractivity contribution in [3.8, 4) is 0 Å². The number of carboxylic acids is 1. The van der Waals surface area contributed by atoms with Crippen molar-refractivity contribution in [2.45, 2.75) is 32.2 Å². The van der Waals surface area contributed by atoms with Gasteiger partial charge >= 0.3 is 5.97 Å². The second kappa shape index (κ2) is 3.22. The van der Waals surface area contributed by atoms with Gasteiger partial charge in [-0.1, -0.05) is 0 Å². The van der Waals surface area contributed by atoms with E-state index in [2.05, 4.69) is 17.2 Å². The van der Waals surface area contributed by atoms with Crippen LogP contribution in [0.5, 0.6) is 0 Å². The highest BCUT2D eigenvalue weighted by molar-refractivity contribution is 5.94. The Morgan fingerprint density at radius 3 is 2.80 bits per heavy atom. The molecule has 0 bridgehead atoms. The lowest BCUT2D eigenvalue weighted by Crippen LogP contribution is -2.20. The van der Waals surface area contributed by atoms with Gasteiger partial charge in [0.1, 0.15) is 11.4 Å². The fraction of sp³-hybridized carbons (Fsp3) is 0.455. The quantitative estimate of drug-likeness (QED) is 0.794. The lowest BCUT2D eigenvalue weighted by Gasteiger charge is -2.15. The van der Waals surface area contributed by atoms with Gasteiger partial charge in [0.25, 0.3) is 0 Å². The predicted molar refractivity (Wildman–Crippen MR) is 57.2 cm³/mol. The molecule has 0 aromatic carbocycles. The van der Waals surface area contributed by atoms with Gasteiger partial charge in [-0.25, -0.2) is 9.78 Å². The predicted octanol–water partition coefficient (Wildman–Crippen LogP) is 2.05. The Morgan fingerprint density at radius 2 is 2.27 bits per heavy atom. The molecular weight excluding hydrogens is 192 g/mol. The zero-order valence-corrected chi connectivity index (χ0v) is 8.87. The van der Waals surface area contributed by atoms with Gasteiger partial charge in [-0.2, -0.15) is 0 Å². The molecule has 0 atom stereocenters. The first-order valence-electron chi connectivity index (χ1n) is 4.99. The van der Waals surface area contributed by atoms with Gasteiger partial charge in [0.2, 0.25) is 0 Å². The Morgan fingerprint density at radius 1 is 1.60 bits per heavy atom. The number of anilines is 1. The van der Waals surface area contributed by atoms with Crippen LogP contribution in [-0.4, -0.2) is 21.6 Å². The van der Waals surface area contributed by atoms with E-state index in [-0.39, 0.29) is 11.1 Å². The van der Waals surface area contributed by atoms with Crippen LogP contribution in [0.1, 0.15) is 35.7 Å². The van der Waals surface area contributed by atoms with Gasteiger partial charge in [0.15, 0.2) is 0 Å². The van der Waals surface area contributed by atoms with Crippen LogP contribution in [0.4, 0.5) is 5.82 Å². The molecule has 0 amide bonds. The van der Waals surface area contributed by atoms with Crippen LogP contribution in [0.2, 0.25) is 0 Å². The molecule has 4 nitrogen and oxygen atoms in total. The average molecular weight is 206 g/mol. The Balaban J connectivity index is 2.37. The zero-order chi connectivity index (χ0) is 11.1. The van der Waals surface area contributed by atoms with E-state index in [1.165, 1.54) is 0 Å². The van der Waals surface area contributed by atoms with E-state index in [0.29, 0.717) is 5.82 Å². The van der Waals surface area contributed by atoms with Crippen molar-refractivity contribution >= 4 is 11.8 Å². The number of carboxylic acid groups (broad SMARTS) is 1. The summed E-state index contributed by atoms with van der Waals surface area (Å²) in [5.41, 5.74) is 1.07. The molecule has 1 heterocycles. The van der Waals surface area contributed by atoms with Crippen molar-refractivity contribution in [3.05, 3.63) is 23.4 Å². The highest BCUT2D eigenvalue weighted by Crippen LogP contribution is 2.38. The van der Waals surface area contributed by atoms with Crippen LogP contribution in [0.25, 0.3) is 0 Å². The summed E-state index contributed by atoms with van der Waals surface area (Å²) in [7, 11) is 0. The fourth-order valence-corrected chi connectivity index (χ4v) is 1.52. The molecule has 15 heavy (non-hydrogen) atoms. The third-order valence-electron chi connectivity index (χ3n) is 2.79. The zero-order valence-electron chi connectivity index (χ0n) is 8.87. The molecule has 0 saturated heterocycles. The van der Waals surface area contributed by atoms with Gasteiger partial charge in [0.05, 0.1) is 0 Å². The number of aromatic nitrogens is 1. The van der Waals surface area contributed by atoms with E-state index < -0.39 is 5.97 Å². The first-order valence-corrected chi connectivity index (χ1v) is 4.99. The van der Waals surface area contributed by atoms with Crippen molar-refractivity contribution in [1.82, 2.24) is 4.98 Å². The lowest BCUT2D eigenvalue weighted by atomic mass is 10.1. The van der Waals surface area contributed by atoms with E-state index in [9.17, 15) is 4.79 Å². The first kappa shape index (κ1) is 9.96. The maximum atomic E-state index is 11.1. The van der Waals surface area contributed by atoms with Crippen molar-refractivity contribution in [3.63, 3.8) is 0 Å². The number of hydrogen-bond donors (Lipinski definition) is 2. The highest BCUT2D eigenvalue weighted by Gasteiger charge is 2.38. The molecule has 0 unspecified atom stereocenters. The minimum Gasteiger partial charge on any atom is -0.478 e. The van der Waals surface area contributed by atoms with Crippen molar-refractivity contribution < 1.29 is 9.90 Å². The van der Waals surface area contributed by atoms with Gasteiger partial charge < -0.3 is 10.4 Å². The van der Waals surface area contributed by atoms with E-state index in [1.807, 2.05) is 0 Å². The van der Waals surface area contributed by atoms with Crippen molar-refractivity contribution in [1.29, 1.82) is 0 Å². The Kier molecular flexibility index (Phi) is 2.14. The second-order valence-corrected chi connectivity index (χ2v) is 4.34. The molecule has 1 aromatic heterocycles. The van der Waals surface area contributed by atoms with Crippen LogP contribution in [0.3, 0.4) is 0 Å². The summed E-state index contributed by atoms with van der Waals surface area (Å²) in [5.74, 6) is -0.435. The summed E-state index contributed by atoms with van der Waals surface area (Å²) in [4.78, 5) is 15.2. The van der Waals surface area contributed by atoms with Crippen molar-refractivity contribution in [2.24, 2.45) is 0 Å². The Hall–Kier alpha value is -1.58. The maximum Gasteiger partial charge on any atom is 0.339 e. The number of aromatic carboxylic acids is 1. The van der Waals surface area contributed by atoms with E-state index in [1.54, 1.807) is 19.2 Å². The third-order valence-corrected chi connectivity index (χ3v) is 2.79. The minimum absolute atomic E-state index is 0.0466. The molecule has 1 fully saturated rings. The number of rotatable bonds is 3.